The number of rotatable bonds is 8. The van der Waals surface area contributed by atoms with Gasteiger partial charge in [-0.15, -0.1) is 10.2 Å². The number of nitrogens with zero attached hydrogens (tertiary/aromatic N) is 7. The Labute approximate surface area is 273 Å². The number of ether oxygens (including phenoxy) is 3. The second-order valence-electron chi connectivity index (χ2n) is 12.0. The molecule has 0 bridgehead atoms. The standard InChI is InChI=1S/C32H32ClF3N8O3/c1-18(45-3)16-44-24-15-37-23(29-40-30(42-41-29)32(34,35)36)13-22(24)39-27(44)17-43-11-9-19(10-12-43)21-5-4-6-25-28(21)47-31(2,46-25)26-8-7-20(33)14-38-26/h4-8,13-15,18-19H,9-12,16-17H2,1-3H3,(H,40,41,42). The normalized spacial score (nSPS) is 19.5. The maximum absolute atomic E-state index is 13.1. The van der Waals surface area contributed by atoms with E-state index in [0.29, 0.717) is 35.1 Å². The van der Waals surface area contributed by atoms with E-state index in [1.165, 1.54) is 0 Å². The van der Waals surface area contributed by atoms with Gasteiger partial charge in [0.05, 0.1) is 41.4 Å². The topological polar surface area (TPSA) is 116 Å². The molecule has 47 heavy (non-hydrogen) atoms. The Morgan fingerprint density at radius 3 is 2.62 bits per heavy atom. The zero-order valence-corrected chi connectivity index (χ0v) is 26.6. The van der Waals surface area contributed by atoms with Gasteiger partial charge in [-0.3, -0.25) is 14.9 Å². The van der Waals surface area contributed by atoms with Crippen molar-refractivity contribution in [2.24, 2.45) is 0 Å². The molecule has 1 aromatic carbocycles. The first-order chi connectivity index (χ1) is 22.5. The number of alkyl halides is 3. The summed E-state index contributed by atoms with van der Waals surface area (Å²) in [4.78, 5) is 18.3. The third kappa shape index (κ3) is 6.12. The lowest BCUT2D eigenvalue weighted by molar-refractivity contribution is -0.144. The number of piperidine rings is 1. The molecule has 7 rings (SSSR count). The molecule has 1 saturated heterocycles. The number of para-hydroxylation sites is 1. The lowest BCUT2D eigenvalue weighted by atomic mass is 9.88. The SMILES string of the molecule is COC(C)Cn1c(CN2CCC(c3cccc4c3OC(C)(c3ccc(Cl)cn3)O4)CC2)nc2cc(-c3nnc(C(F)(F)F)[nH]3)ncc21. The molecule has 0 saturated carbocycles. The van der Waals surface area contributed by atoms with Gasteiger partial charge in [0.1, 0.15) is 17.2 Å². The predicted molar refractivity (Wildman–Crippen MR) is 166 cm³/mol. The monoisotopic (exact) mass is 668 g/mol. The fourth-order valence-corrected chi connectivity index (χ4v) is 6.30. The van der Waals surface area contributed by atoms with Crippen LogP contribution < -0.4 is 9.47 Å². The molecule has 246 valence electrons. The predicted octanol–water partition coefficient (Wildman–Crippen LogP) is 6.34. The summed E-state index contributed by atoms with van der Waals surface area (Å²) in [7, 11) is 1.65. The number of H-pyrrole nitrogens is 1. The number of methoxy groups -OCH3 is 1. The number of imidazole rings is 1. The molecule has 2 atom stereocenters. The van der Waals surface area contributed by atoms with Crippen molar-refractivity contribution in [2.75, 3.05) is 20.2 Å². The van der Waals surface area contributed by atoms with Crippen LogP contribution in [0.2, 0.25) is 5.02 Å². The molecule has 1 N–H and O–H groups in total. The lowest BCUT2D eigenvalue weighted by Gasteiger charge is -2.32. The van der Waals surface area contributed by atoms with Crippen LogP contribution in [0, 0.1) is 0 Å². The van der Waals surface area contributed by atoms with Gasteiger partial charge in [-0.2, -0.15) is 13.2 Å². The highest BCUT2D eigenvalue weighted by Gasteiger charge is 2.42. The number of aromatic amines is 1. The van der Waals surface area contributed by atoms with Crippen LogP contribution in [0.4, 0.5) is 13.2 Å². The Hall–Kier alpha value is -4.27. The van der Waals surface area contributed by atoms with Crippen molar-refractivity contribution in [3.8, 4) is 23.0 Å². The van der Waals surface area contributed by atoms with Crippen molar-refractivity contribution in [1.82, 2.24) is 39.6 Å². The molecule has 11 nitrogen and oxygen atoms in total. The van der Waals surface area contributed by atoms with Crippen molar-refractivity contribution < 1.29 is 27.4 Å². The Morgan fingerprint density at radius 2 is 1.91 bits per heavy atom. The highest BCUT2D eigenvalue weighted by molar-refractivity contribution is 6.30. The molecule has 5 aromatic rings. The summed E-state index contributed by atoms with van der Waals surface area (Å²) in [5.74, 6) is 0.229. The number of hydrogen-bond acceptors (Lipinski definition) is 9. The zero-order chi connectivity index (χ0) is 32.9. The molecule has 0 spiro atoms. The van der Waals surface area contributed by atoms with Gasteiger partial charge in [0.15, 0.2) is 17.3 Å². The van der Waals surface area contributed by atoms with E-state index < -0.39 is 17.8 Å². The maximum atomic E-state index is 13.1. The number of aromatic nitrogens is 7. The van der Waals surface area contributed by atoms with Gasteiger partial charge in [-0.25, -0.2) is 4.98 Å². The van der Waals surface area contributed by atoms with Crippen molar-refractivity contribution >= 4 is 22.6 Å². The number of halogens is 4. The first kappa shape index (κ1) is 31.3. The fraction of sp³-hybridized carbons (Fsp3) is 0.406. The van der Waals surface area contributed by atoms with Gasteiger partial charge in [0, 0.05) is 25.8 Å². The first-order valence-electron chi connectivity index (χ1n) is 15.2. The molecule has 15 heteroatoms. The summed E-state index contributed by atoms with van der Waals surface area (Å²) >= 11 is 6.04. The highest BCUT2D eigenvalue weighted by Crippen LogP contribution is 2.49. The minimum Gasteiger partial charge on any atom is -0.443 e. The van der Waals surface area contributed by atoms with Gasteiger partial charge in [-0.1, -0.05) is 23.7 Å². The first-order valence-corrected chi connectivity index (χ1v) is 15.6. The Morgan fingerprint density at radius 1 is 1.11 bits per heavy atom. The van der Waals surface area contributed by atoms with Crippen LogP contribution in [0.15, 0.2) is 48.8 Å². The Balaban J connectivity index is 1.08. The Bertz CT molecular complexity index is 1910. The molecule has 2 aliphatic rings. The average Bonchev–Trinajstić information content (AvgIpc) is 3.77. The molecule has 1 fully saturated rings. The third-order valence-corrected chi connectivity index (χ3v) is 8.97. The van der Waals surface area contributed by atoms with Crippen molar-refractivity contribution in [3.05, 3.63) is 76.7 Å². The molecule has 0 amide bonds. The molecular weight excluding hydrogens is 637 g/mol. The van der Waals surface area contributed by atoms with Crippen LogP contribution in [0.5, 0.6) is 11.5 Å². The van der Waals surface area contributed by atoms with E-state index in [9.17, 15) is 13.2 Å². The summed E-state index contributed by atoms with van der Waals surface area (Å²) in [5, 5.41) is 7.41. The average molecular weight is 669 g/mol. The highest BCUT2D eigenvalue weighted by atomic mass is 35.5. The fourth-order valence-electron chi connectivity index (χ4n) is 6.18. The van der Waals surface area contributed by atoms with Crippen molar-refractivity contribution in [3.63, 3.8) is 0 Å². The molecule has 4 aromatic heterocycles. The van der Waals surface area contributed by atoms with Gasteiger partial charge in [0.25, 0.3) is 5.79 Å². The summed E-state index contributed by atoms with van der Waals surface area (Å²) in [5.41, 5.74) is 3.33. The lowest BCUT2D eigenvalue weighted by Crippen LogP contribution is -2.34. The summed E-state index contributed by atoms with van der Waals surface area (Å²) in [6.07, 6.45) is 0.266. The number of pyridine rings is 2. The van der Waals surface area contributed by atoms with Gasteiger partial charge >= 0.3 is 6.18 Å². The van der Waals surface area contributed by atoms with Crippen LogP contribution in [0.3, 0.4) is 0 Å². The molecular formula is C32H32ClF3N8O3. The maximum Gasteiger partial charge on any atom is 0.451 e. The van der Waals surface area contributed by atoms with E-state index in [-0.39, 0.29) is 23.5 Å². The van der Waals surface area contributed by atoms with Crippen LogP contribution in [-0.2, 0) is 29.8 Å². The van der Waals surface area contributed by atoms with E-state index in [0.717, 1.165) is 48.6 Å². The largest absolute Gasteiger partial charge is 0.451 e. The van der Waals surface area contributed by atoms with E-state index in [2.05, 4.69) is 40.7 Å². The number of nitrogens with one attached hydrogen (secondary N) is 1. The number of hydrogen-bond donors (Lipinski definition) is 1. The number of benzene rings is 1. The summed E-state index contributed by atoms with van der Waals surface area (Å²) in [6, 6.07) is 11.2. The van der Waals surface area contributed by atoms with Crippen LogP contribution >= 0.6 is 11.6 Å². The number of fused-ring (bicyclic) bond motifs is 2. The second kappa shape index (κ2) is 12.1. The van der Waals surface area contributed by atoms with Crippen molar-refractivity contribution in [2.45, 2.75) is 63.8 Å². The van der Waals surface area contributed by atoms with Gasteiger partial charge in [0.2, 0.25) is 5.82 Å². The van der Waals surface area contributed by atoms with E-state index >= 15 is 0 Å². The van der Waals surface area contributed by atoms with Crippen LogP contribution in [0.1, 0.15) is 55.5 Å². The Kier molecular flexibility index (Phi) is 8.05. The molecule has 2 unspecified atom stereocenters. The summed E-state index contributed by atoms with van der Waals surface area (Å²) in [6.45, 7) is 6.60. The van der Waals surface area contributed by atoms with Crippen LogP contribution in [-0.4, -0.2) is 65.9 Å². The van der Waals surface area contributed by atoms with Crippen LogP contribution in [0.25, 0.3) is 22.6 Å². The minimum atomic E-state index is -4.63. The van der Waals surface area contributed by atoms with Gasteiger partial charge in [-0.05, 0) is 63.0 Å². The van der Waals surface area contributed by atoms with E-state index in [1.807, 2.05) is 32.0 Å². The minimum absolute atomic E-state index is 0.0748. The van der Waals surface area contributed by atoms with Gasteiger partial charge < -0.3 is 23.8 Å². The molecule has 6 heterocycles. The van der Waals surface area contributed by atoms with E-state index in [1.54, 1.807) is 31.6 Å². The molecule has 2 aliphatic heterocycles. The van der Waals surface area contributed by atoms with Crippen molar-refractivity contribution in [1.29, 1.82) is 0 Å². The smallest absolute Gasteiger partial charge is 0.443 e. The number of likely N-dealkylation sites (tertiary alicyclic amines) is 1. The third-order valence-electron chi connectivity index (χ3n) is 8.75. The summed E-state index contributed by atoms with van der Waals surface area (Å²) < 4.78 is 59.6. The molecule has 0 radical (unpaired) electrons. The molecule has 0 aliphatic carbocycles. The quantitative estimate of drug-likeness (QED) is 0.202. The second-order valence-corrected chi connectivity index (χ2v) is 12.4. The van der Waals surface area contributed by atoms with E-state index in [4.69, 9.17) is 30.8 Å². The zero-order valence-electron chi connectivity index (χ0n) is 25.9.